The molecule has 0 aliphatic rings. The lowest BCUT2D eigenvalue weighted by molar-refractivity contribution is 0.784. The Kier molecular flexibility index (Phi) is 5.92. The molecule has 26 heavy (non-hydrogen) atoms. The van der Waals surface area contributed by atoms with Gasteiger partial charge in [-0.15, -0.1) is 0 Å². The van der Waals surface area contributed by atoms with Crippen LogP contribution < -0.4 is 16.0 Å². The minimum atomic E-state index is 0.696. The van der Waals surface area contributed by atoms with Crippen molar-refractivity contribution < 1.29 is 0 Å². The van der Waals surface area contributed by atoms with E-state index in [2.05, 4.69) is 41.0 Å². The first-order valence-corrected chi connectivity index (χ1v) is 8.49. The Morgan fingerprint density at radius 3 is 2.81 bits per heavy atom. The van der Waals surface area contributed by atoms with Gasteiger partial charge in [0.15, 0.2) is 11.6 Å². The molecule has 9 heteroatoms. The van der Waals surface area contributed by atoms with Crippen molar-refractivity contribution in [3.63, 3.8) is 0 Å². The number of aromatic nitrogens is 5. The molecule has 9 nitrogen and oxygen atoms in total. The lowest BCUT2D eigenvalue weighted by atomic mass is 10.3. The van der Waals surface area contributed by atoms with Gasteiger partial charge in [0.2, 0.25) is 0 Å². The molecule has 0 aliphatic carbocycles. The highest BCUT2D eigenvalue weighted by Gasteiger charge is 2.07. The average Bonchev–Trinajstić information content (AvgIpc) is 3.06. The highest BCUT2D eigenvalue weighted by Crippen LogP contribution is 2.16. The first-order chi connectivity index (χ1) is 12.8. The van der Waals surface area contributed by atoms with Crippen molar-refractivity contribution in [2.75, 3.05) is 32.0 Å². The van der Waals surface area contributed by atoms with Gasteiger partial charge in [0.05, 0.1) is 11.6 Å². The van der Waals surface area contributed by atoms with Crippen molar-refractivity contribution in [1.82, 2.24) is 35.4 Å². The Bertz CT molecular complexity index is 857. The van der Waals surface area contributed by atoms with E-state index in [9.17, 15) is 0 Å². The highest BCUT2D eigenvalue weighted by molar-refractivity contribution is 5.86. The number of aryl methyl sites for hydroxylation is 1. The van der Waals surface area contributed by atoms with Gasteiger partial charge in [0.1, 0.15) is 12.1 Å². The van der Waals surface area contributed by atoms with E-state index in [4.69, 9.17) is 0 Å². The van der Waals surface area contributed by atoms with Crippen molar-refractivity contribution in [2.24, 2.45) is 12.0 Å². The number of anilines is 1. The number of aliphatic imine (C=N–C) groups is 1. The van der Waals surface area contributed by atoms with Gasteiger partial charge in [-0.1, -0.05) is 6.07 Å². The molecule has 0 saturated heterocycles. The molecule has 3 rings (SSSR count). The average molecular weight is 353 g/mol. The summed E-state index contributed by atoms with van der Waals surface area (Å²) < 4.78 is 1.73. The van der Waals surface area contributed by atoms with Crippen LogP contribution in [0.15, 0.2) is 41.9 Å². The van der Waals surface area contributed by atoms with Crippen LogP contribution in [0.4, 0.5) is 5.82 Å². The summed E-state index contributed by atoms with van der Waals surface area (Å²) in [6.07, 6.45) is 5.96. The minimum absolute atomic E-state index is 0.696. The second-order valence-electron chi connectivity index (χ2n) is 5.65. The van der Waals surface area contributed by atoms with E-state index in [-0.39, 0.29) is 0 Å². The van der Waals surface area contributed by atoms with Crippen molar-refractivity contribution in [3.05, 3.63) is 42.6 Å². The van der Waals surface area contributed by atoms with Gasteiger partial charge >= 0.3 is 0 Å². The third-order valence-corrected chi connectivity index (χ3v) is 3.86. The van der Waals surface area contributed by atoms with Gasteiger partial charge < -0.3 is 16.0 Å². The first-order valence-electron chi connectivity index (χ1n) is 8.49. The van der Waals surface area contributed by atoms with Crippen molar-refractivity contribution in [1.29, 1.82) is 0 Å². The third-order valence-electron chi connectivity index (χ3n) is 3.86. The first kappa shape index (κ1) is 17.6. The van der Waals surface area contributed by atoms with Crippen LogP contribution in [0, 0.1) is 0 Å². The van der Waals surface area contributed by atoms with E-state index in [0.29, 0.717) is 13.1 Å². The quantitative estimate of drug-likeness (QED) is 0.324. The lowest BCUT2D eigenvalue weighted by Crippen LogP contribution is -2.40. The summed E-state index contributed by atoms with van der Waals surface area (Å²) in [4.78, 5) is 17.0. The molecular formula is C17H23N9. The van der Waals surface area contributed by atoms with E-state index < -0.39 is 0 Å². The number of rotatable bonds is 7. The summed E-state index contributed by atoms with van der Waals surface area (Å²) in [7, 11) is 3.62. The van der Waals surface area contributed by atoms with Gasteiger partial charge in [0, 0.05) is 52.0 Å². The van der Waals surface area contributed by atoms with E-state index in [0.717, 1.165) is 41.5 Å². The maximum absolute atomic E-state index is 4.31. The number of guanidine groups is 1. The zero-order chi connectivity index (χ0) is 18.2. The van der Waals surface area contributed by atoms with E-state index in [1.54, 1.807) is 24.1 Å². The fraction of sp³-hybridized carbons (Fsp3) is 0.353. The smallest absolute Gasteiger partial charge is 0.191 e. The lowest BCUT2D eigenvalue weighted by Gasteiger charge is -2.12. The predicted molar refractivity (Wildman–Crippen MR) is 102 cm³/mol. The van der Waals surface area contributed by atoms with E-state index in [1.165, 1.54) is 6.33 Å². The van der Waals surface area contributed by atoms with Crippen LogP contribution in [0.2, 0.25) is 0 Å². The van der Waals surface area contributed by atoms with E-state index >= 15 is 0 Å². The molecule has 0 spiro atoms. The molecule has 0 aromatic carbocycles. The monoisotopic (exact) mass is 353 g/mol. The molecule has 3 aromatic rings. The molecule has 3 N–H and O–H groups in total. The van der Waals surface area contributed by atoms with Crippen LogP contribution in [0.25, 0.3) is 11.0 Å². The number of nitrogens with one attached hydrogen (secondary N) is 3. The number of hydrogen-bond donors (Lipinski definition) is 3. The second kappa shape index (κ2) is 8.75. The van der Waals surface area contributed by atoms with Crippen LogP contribution in [-0.2, 0) is 13.5 Å². The molecule has 3 heterocycles. The maximum atomic E-state index is 4.31. The van der Waals surface area contributed by atoms with Crippen molar-refractivity contribution >= 4 is 22.8 Å². The fourth-order valence-electron chi connectivity index (χ4n) is 2.54. The minimum Gasteiger partial charge on any atom is -0.368 e. The molecule has 0 fully saturated rings. The molecule has 0 saturated carbocycles. The Morgan fingerprint density at radius 1 is 1.12 bits per heavy atom. The Hall–Kier alpha value is -3.23. The van der Waals surface area contributed by atoms with Crippen molar-refractivity contribution in [2.45, 2.75) is 6.42 Å². The number of fused-ring (bicyclic) bond motifs is 1. The molecule has 0 aliphatic heterocycles. The van der Waals surface area contributed by atoms with Gasteiger partial charge in [-0.05, 0) is 12.1 Å². The Morgan fingerprint density at radius 2 is 2.00 bits per heavy atom. The molecule has 3 aromatic heterocycles. The molecule has 0 amide bonds. The van der Waals surface area contributed by atoms with E-state index in [1.807, 2.05) is 25.2 Å². The van der Waals surface area contributed by atoms with Crippen LogP contribution in [0.3, 0.4) is 0 Å². The largest absolute Gasteiger partial charge is 0.368 e. The zero-order valence-corrected chi connectivity index (χ0v) is 15.0. The Labute approximate surface area is 152 Å². The van der Waals surface area contributed by atoms with Crippen LogP contribution in [0.5, 0.6) is 0 Å². The van der Waals surface area contributed by atoms with Crippen molar-refractivity contribution in [3.8, 4) is 0 Å². The summed E-state index contributed by atoms with van der Waals surface area (Å²) in [5, 5.41) is 15.0. The summed E-state index contributed by atoms with van der Waals surface area (Å²) in [6.45, 7) is 2.17. The number of hydrogen-bond acceptors (Lipinski definition) is 6. The summed E-state index contributed by atoms with van der Waals surface area (Å²) in [5.74, 6) is 1.54. The van der Waals surface area contributed by atoms with Gasteiger partial charge in [-0.25, -0.2) is 9.97 Å². The standard InChI is InChI=1S/C17H23N9/c1-18-17(21-8-6-13-5-3-4-7-19-13)22-10-9-20-15-14-11-25-26(2)16(14)24-12-23-15/h3-5,7,11-12H,6,8-10H2,1-2H3,(H2,18,21,22)(H,20,23,24). The summed E-state index contributed by atoms with van der Waals surface area (Å²) in [5.41, 5.74) is 1.86. The molecule has 0 atom stereocenters. The predicted octanol–water partition coefficient (Wildman–Crippen LogP) is 0.578. The highest BCUT2D eigenvalue weighted by atomic mass is 15.3. The number of nitrogens with zero attached hydrogens (tertiary/aromatic N) is 6. The second-order valence-corrected chi connectivity index (χ2v) is 5.65. The SMILES string of the molecule is CN=C(NCCNc1ncnc2c1cnn2C)NCCc1ccccn1. The Balaban J connectivity index is 1.41. The molecule has 0 radical (unpaired) electrons. The maximum Gasteiger partial charge on any atom is 0.191 e. The van der Waals surface area contributed by atoms with Gasteiger partial charge in [-0.3, -0.25) is 14.7 Å². The molecule has 0 bridgehead atoms. The van der Waals surface area contributed by atoms with Crippen LogP contribution >= 0.6 is 0 Å². The summed E-state index contributed by atoms with van der Waals surface area (Å²) >= 11 is 0. The molecular weight excluding hydrogens is 330 g/mol. The molecule has 136 valence electrons. The van der Waals surface area contributed by atoms with Crippen LogP contribution in [-0.4, -0.2) is 57.4 Å². The zero-order valence-electron chi connectivity index (χ0n) is 15.0. The summed E-state index contributed by atoms with van der Waals surface area (Å²) in [6, 6.07) is 5.93. The van der Waals surface area contributed by atoms with Gasteiger partial charge in [0.25, 0.3) is 0 Å². The van der Waals surface area contributed by atoms with Gasteiger partial charge in [-0.2, -0.15) is 5.10 Å². The van der Waals surface area contributed by atoms with Crippen LogP contribution in [0.1, 0.15) is 5.69 Å². The fourth-order valence-corrected chi connectivity index (χ4v) is 2.54. The topological polar surface area (TPSA) is 105 Å². The third kappa shape index (κ3) is 4.44. The normalized spacial score (nSPS) is 11.5. The number of pyridine rings is 1. The molecule has 0 unspecified atom stereocenters.